The molecule has 32 heavy (non-hydrogen) atoms. The Morgan fingerprint density at radius 1 is 1.19 bits per heavy atom. The number of fused-ring (bicyclic) bond motifs is 1. The highest BCUT2D eigenvalue weighted by Crippen LogP contribution is 2.41. The molecule has 0 aliphatic carbocycles. The predicted octanol–water partition coefficient (Wildman–Crippen LogP) is 3.28. The topological polar surface area (TPSA) is 94.2 Å². The molecule has 9 heteroatoms. The van der Waals surface area contributed by atoms with Crippen molar-refractivity contribution >= 4 is 21.6 Å². The van der Waals surface area contributed by atoms with Crippen molar-refractivity contribution in [3.63, 3.8) is 0 Å². The second-order valence-electron chi connectivity index (χ2n) is 8.52. The van der Waals surface area contributed by atoms with E-state index in [2.05, 4.69) is 5.32 Å². The van der Waals surface area contributed by atoms with Crippen LogP contribution in [0.2, 0.25) is 0 Å². The molecule has 1 heterocycles. The number of sulfonamides is 1. The van der Waals surface area contributed by atoms with Gasteiger partial charge in [-0.3, -0.25) is 9.10 Å². The maximum atomic E-state index is 12.9. The minimum atomic E-state index is -3.35. The van der Waals surface area contributed by atoms with Crippen LogP contribution >= 0.6 is 0 Å². The van der Waals surface area contributed by atoms with Gasteiger partial charge < -0.3 is 19.5 Å². The molecule has 1 amide bonds. The molecule has 2 atom stereocenters. The molecule has 1 aliphatic rings. The van der Waals surface area contributed by atoms with Gasteiger partial charge in [0.25, 0.3) is 5.91 Å². The Morgan fingerprint density at radius 3 is 2.41 bits per heavy atom. The lowest BCUT2D eigenvalue weighted by atomic mass is 9.89. The molecule has 2 aromatic carbocycles. The summed E-state index contributed by atoms with van der Waals surface area (Å²) in [6.45, 7) is 5.62. The highest BCUT2D eigenvalue weighted by Gasteiger charge is 2.35. The number of methoxy groups -OCH3 is 1. The van der Waals surface area contributed by atoms with Gasteiger partial charge in [-0.15, -0.1) is 0 Å². The Kier molecular flexibility index (Phi) is 6.59. The third kappa shape index (κ3) is 5.45. The van der Waals surface area contributed by atoms with Crippen molar-refractivity contribution in [2.24, 2.45) is 0 Å². The maximum absolute atomic E-state index is 12.9. The molecule has 0 bridgehead atoms. The molecule has 1 aliphatic heterocycles. The SMILES string of the molecule is COc1ccc2c(c1)OC(C)(C)C[C@H]2NC(=O)[C@@H](C)Oc1ccc(N(C)S(C)(=O)=O)cc1. The highest BCUT2D eigenvalue weighted by atomic mass is 32.2. The van der Waals surface area contributed by atoms with Crippen molar-refractivity contribution in [1.29, 1.82) is 0 Å². The van der Waals surface area contributed by atoms with Gasteiger partial charge in [-0.05, 0) is 57.2 Å². The fraction of sp³-hybridized carbons (Fsp3) is 0.435. The van der Waals surface area contributed by atoms with Crippen LogP contribution in [0.25, 0.3) is 0 Å². The smallest absolute Gasteiger partial charge is 0.261 e. The molecular weight excluding hydrogens is 432 g/mol. The Balaban J connectivity index is 1.69. The summed E-state index contributed by atoms with van der Waals surface area (Å²) in [7, 11) is -0.277. The summed E-state index contributed by atoms with van der Waals surface area (Å²) >= 11 is 0. The molecule has 3 rings (SSSR count). The van der Waals surface area contributed by atoms with Crippen LogP contribution in [0.3, 0.4) is 0 Å². The fourth-order valence-corrected chi connectivity index (χ4v) is 4.07. The number of amides is 1. The van der Waals surface area contributed by atoms with E-state index in [0.717, 1.165) is 11.8 Å². The Bertz CT molecular complexity index is 1080. The van der Waals surface area contributed by atoms with Crippen LogP contribution in [-0.2, 0) is 14.8 Å². The molecule has 0 aromatic heterocycles. The Labute approximate surface area is 189 Å². The molecule has 0 unspecified atom stereocenters. The van der Waals surface area contributed by atoms with Crippen LogP contribution in [0.4, 0.5) is 5.69 Å². The molecule has 0 spiro atoms. The summed E-state index contributed by atoms with van der Waals surface area (Å²) in [6.07, 6.45) is 0.994. The van der Waals surface area contributed by atoms with Crippen molar-refractivity contribution in [2.45, 2.75) is 44.9 Å². The molecule has 0 radical (unpaired) electrons. The second-order valence-corrected chi connectivity index (χ2v) is 10.5. The van der Waals surface area contributed by atoms with Crippen LogP contribution in [0, 0.1) is 0 Å². The van der Waals surface area contributed by atoms with Gasteiger partial charge in [0.05, 0.1) is 25.1 Å². The van der Waals surface area contributed by atoms with Crippen molar-refractivity contribution in [2.75, 3.05) is 24.7 Å². The zero-order valence-electron chi connectivity index (χ0n) is 19.2. The molecule has 2 aromatic rings. The number of hydrogen-bond acceptors (Lipinski definition) is 6. The third-order valence-corrected chi connectivity index (χ3v) is 6.58. The molecule has 174 valence electrons. The van der Waals surface area contributed by atoms with E-state index in [1.54, 1.807) is 38.3 Å². The van der Waals surface area contributed by atoms with Crippen LogP contribution in [0.15, 0.2) is 42.5 Å². The number of nitrogens with one attached hydrogen (secondary N) is 1. The van der Waals surface area contributed by atoms with Crippen LogP contribution < -0.4 is 23.8 Å². The average Bonchev–Trinajstić information content (AvgIpc) is 2.71. The first kappa shape index (κ1) is 23.7. The van der Waals surface area contributed by atoms with E-state index in [1.807, 2.05) is 32.0 Å². The second kappa shape index (κ2) is 8.90. The minimum absolute atomic E-state index is 0.232. The van der Waals surface area contributed by atoms with Gasteiger partial charge in [-0.25, -0.2) is 8.42 Å². The number of rotatable bonds is 7. The number of nitrogens with zero attached hydrogens (tertiary/aromatic N) is 1. The quantitative estimate of drug-likeness (QED) is 0.679. The molecule has 8 nitrogen and oxygen atoms in total. The van der Waals surface area contributed by atoms with E-state index in [-0.39, 0.29) is 11.9 Å². The first-order valence-electron chi connectivity index (χ1n) is 10.3. The van der Waals surface area contributed by atoms with Crippen molar-refractivity contribution < 1.29 is 27.4 Å². The van der Waals surface area contributed by atoms with E-state index in [0.29, 0.717) is 29.4 Å². The van der Waals surface area contributed by atoms with Crippen LogP contribution in [0.1, 0.15) is 38.8 Å². The summed E-state index contributed by atoms with van der Waals surface area (Å²) in [6, 6.07) is 11.9. The van der Waals surface area contributed by atoms with E-state index in [9.17, 15) is 13.2 Å². The first-order valence-corrected chi connectivity index (χ1v) is 12.1. The molecular formula is C23H30N2O6S. The number of benzene rings is 2. The lowest BCUT2D eigenvalue weighted by molar-refractivity contribution is -0.128. The van der Waals surface area contributed by atoms with E-state index in [4.69, 9.17) is 14.2 Å². The third-order valence-electron chi connectivity index (χ3n) is 5.37. The number of ether oxygens (including phenoxy) is 3. The number of anilines is 1. The van der Waals surface area contributed by atoms with Crippen LogP contribution in [-0.4, -0.2) is 46.4 Å². The normalized spacial score (nSPS) is 18.0. The zero-order valence-corrected chi connectivity index (χ0v) is 20.0. The van der Waals surface area contributed by atoms with E-state index >= 15 is 0 Å². The average molecular weight is 463 g/mol. The molecule has 0 fully saturated rings. The Hall–Kier alpha value is -2.94. The molecule has 0 saturated heterocycles. The number of carbonyl (C=O) groups excluding carboxylic acids is 1. The predicted molar refractivity (Wildman–Crippen MR) is 123 cm³/mol. The highest BCUT2D eigenvalue weighted by molar-refractivity contribution is 7.92. The van der Waals surface area contributed by atoms with Gasteiger partial charge >= 0.3 is 0 Å². The maximum Gasteiger partial charge on any atom is 0.261 e. The molecule has 1 N–H and O–H groups in total. The van der Waals surface area contributed by atoms with Gasteiger partial charge in [0.1, 0.15) is 22.8 Å². The van der Waals surface area contributed by atoms with E-state index < -0.39 is 21.7 Å². The van der Waals surface area contributed by atoms with Crippen molar-refractivity contribution in [3.8, 4) is 17.2 Å². The lowest BCUT2D eigenvalue weighted by Gasteiger charge is -2.38. The first-order chi connectivity index (χ1) is 14.9. The lowest BCUT2D eigenvalue weighted by Crippen LogP contribution is -2.44. The largest absolute Gasteiger partial charge is 0.497 e. The summed E-state index contributed by atoms with van der Waals surface area (Å²) in [5.74, 6) is 1.58. The van der Waals surface area contributed by atoms with Crippen molar-refractivity contribution in [3.05, 3.63) is 48.0 Å². The van der Waals surface area contributed by atoms with Gasteiger partial charge in [0.2, 0.25) is 10.0 Å². The van der Waals surface area contributed by atoms with Gasteiger partial charge in [0.15, 0.2) is 6.10 Å². The monoisotopic (exact) mass is 462 g/mol. The summed E-state index contributed by atoms with van der Waals surface area (Å²) in [5.41, 5.74) is 0.940. The van der Waals surface area contributed by atoms with Crippen LogP contribution in [0.5, 0.6) is 17.2 Å². The standard InChI is InChI=1S/C23H30N2O6S/c1-15(30-17-9-7-16(8-10-17)25(4)32(6,27)28)22(26)24-20-14-23(2,3)31-21-13-18(29-5)11-12-19(20)21/h7-13,15,20H,14H2,1-6H3,(H,24,26)/t15-,20-/m1/s1. The number of hydrogen-bond donors (Lipinski definition) is 1. The van der Waals surface area contributed by atoms with Gasteiger partial charge in [-0.2, -0.15) is 0 Å². The Morgan fingerprint density at radius 2 is 1.81 bits per heavy atom. The summed E-state index contributed by atoms with van der Waals surface area (Å²) in [5, 5.41) is 3.07. The van der Waals surface area contributed by atoms with Gasteiger partial charge in [-0.1, -0.05) is 0 Å². The fourth-order valence-electron chi connectivity index (χ4n) is 3.56. The van der Waals surface area contributed by atoms with E-state index in [1.165, 1.54) is 11.4 Å². The number of carbonyl (C=O) groups is 1. The summed E-state index contributed by atoms with van der Waals surface area (Å²) in [4.78, 5) is 12.9. The summed E-state index contributed by atoms with van der Waals surface area (Å²) < 4.78 is 41.7. The zero-order chi connectivity index (χ0) is 23.7. The van der Waals surface area contributed by atoms with Gasteiger partial charge in [0, 0.05) is 25.1 Å². The molecule has 0 saturated carbocycles. The minimum Gasteiger partial charge on any atom is -0.497 e. The van der Waals surface area contributed by atoms with Crippen molar-refractivity contribution in [1.82, 2.24) is 5.32 Å².